The first-order valence-corrected chi connectivity index (χ1v) is 4.48. The highest BCUT2D eigenvalue weighted by Gasteiger charge is 2.20. The number of carbonyl (C=O) groups excluding carboxylic acids is 1. The van der Waals surface area contributed by atoms with Gasteiger partial charge in [-0.15, -0.1) is 0 Å². The number of hydrogen-bond acceptors (Lipinski definition) is 2. The number of benzene rings is 1. The van der Waals surface area contributed by atoms with Gasteiger partial charge in [-0.25, -0.2) is 4.39 Å². The van der Waals surface area contributed by atoms with Crippen LogP contribution in [0.5, 0.6) is 0 Å². The van der Waals surface area contributed by atoms with Crippen LogP contribution in [0.2, 0.25) is 0 Å². The lowest BCUT2D eigenvalue weighted by atomic mass is 10.1. The maximum absolute atomic E-state index is 13.0. The van der Waals surface area contributed by atoms with Crippen LogP contribution in [0.4, 0.5) is 4.39 Å². The highest BCUT2D eigenvalue weighted by molar-refractivity contribution is 8.14. The summed E-state index contributed by atoms with van der Waals surface area (Å²) < 4.78 is 13.0. The van der Waals surface area contributed by atoms with Crippen molar-refractivity contribution >= 4 is 16.9 Å². The Balaban J connectivity index is 2.55. The third kappa shape index (κ3) is 1.14. The molecule has 1 aromatic carbocycles. The van der Waals surface area contributed by atoms with Gasteiger partial charge in [0, 0.05) is 11.3 Å². The molecular formula is C9H7FOS. The van der Waals surface area contributed by atoms with Gasteiger partial charge in [0.05, 0.1) is 0 Å². The first kappa shape index (κ1) is 7.80. The minimum absolute atomic E-state index is 0.106. The van der Waals surface area contributed by atoms with Crippen molar-refractivity contribution in [1.29, 1.82) is 0 Å². The molecule has 0 saturated carbocycles. The van der Waals surface area contributed by atoms with Gasteiger partial charge < -0.3 is 0 Å². The van der Waals surface area contributed by atoms with Crippen LogP contribution in [-0.2, 0) is 11.2 Å². The zero-order chi connectivity index (χ0) is 8.72. The Bertz CT molecular complexity index is 327. The quantitative estimate of drug-likeness (QED) is 0.612. The average molecular weight is 182 g/mol. The maximum atomic E-state index is 13.0. The summed E-state index contributed by atoms with van der Waals surface area (Å²) in [7, 11) is 0. The van der Waals surface area contributed by atoms with Gasteiger partial charge in [0.25, 0.3) is 0 Å². The number of fused-ring (bicyclic) bond motifs is 1. The number of thioether (sulfide) groups is 1. The van der Waals surface area contributed by atoms with E-state index in [9.17, 15) is 9.18 Å². The summed E-state index contributed by atoms with van der Waals surface area (Å²) in [6.45, 7) is 1.71. The van der Waals surface area contributed by atoms with Crippen LogP contribution in [0.3, 0.4) is 0 Å². The molecule has 0 fully saturated rings. The number of halogens is 1. The predicted molar refractivity (Wildman–Crippen MR) is 45.7 cm³/mol. The largest absolute Gasteiger partial charge is 0.286 e. The number of aryl methyl sites for hydroxylation is 1. The molecule has 12 heavy (non-hydrogen) atoms. The van der Waals surface area contributed by atoms with E-state index in [2.05, 4.69) is 0 Å². The second-order valence-electron chi connectivity index (χ2n) is 2.86. The van der Waals surface area contributed by atoms with Crippen molar-refractivity contribution in [3.05, 3.63) is 29.1 Å². The Morgan fingerprint density at radius 1 is 1.50 bits per heavy atom. The van der Waals surface area contributed by atoms with E-state index in [4.69, 9.17) is 0 Å². The smallest absolute Gasteiger partial charge is 0.198 e. The van der Waals surface area contributed by atoms with E-state index in [1.165, 1.54) is 6.07 Å². The molecule has 62 valence electrons. The summed E-state index contributed by atoms with van der Waals surface area (Å²) in [5, 5.41) is 0.106. The van der Waals surface area contributed by atoms with Crippen molar-refractivity contribution in [3.8, 4) is 0 Å². The Labute approximate surface area is 74.0 Å². The number of hydrogen-bond donors (Lipinski definition) is 0. The van der Waals surface area contributed by atoms with Gasteiger partial charge in [0.2, 0.25) is 0 Å². The topological polar surface area (TPSA) is 17.1 Å². The van der Waals surface area contributed by atoms with Gasteiger partial charge in [0.1, 0.15) is 5.82 Å². The molecule has 1 aliphatic rings. The second kappa shape index (κ2) is 2.59. The summed E-state index contributed by atoms with van der Waals surface area (Å²) in [5.41, 5.74) is 1.58. The summed E-state index contributed by atoms with van der Waals surface area (Å²) >= 11 is 1.13. The average Bonchev–Trinajstić information content (AvgIpc) is 2.30. The van der Waals surface area contributed by atoms with Gasteiger partial charge in [-0.2, -0.15) is 0 Å². The van der Waals surface area contributed by atoms with Crippen molar-refractivity contribution in [2.24, 2.45) is 0 Å². The predicted octanol–water partition coefficient (Wildman–Crippen LogP) is 2.31. The molecule has 2 rings (SSSR count). The third-order valence-corrected chi connectivity index (χ3v) is 2.87. The number of rotatable bonds is 0. The maximum Gasteiger partial charge on any atom is 0.198 e. The van der Waals surface area contributed by atoms with Crippen molar-refractivity contribution in [3.63, 3.8) is 0 Å². The normalized spacial score (nSPS) is 15.0. The van der Waals surface area contributed by atoms with E-state index in [0.29, 0.717) is 12.0 Å². The molecule has 0 N–H and O–H groups in total. The first-order chi connectivity index (χ1) is 5.66. The molecule has 0 amide bonds. The Morgan fingerprint density at radius 2 is 2.25 bits per heavy atom. The molecule has 0 atom stereocenters. The molecule has 1 nitrogen and oxygen atoms in total. The molecular weight excluding hydrogens is 175 g/mol. The van der Waals surface area contributed by atoms with Gasteiger partial charge in [-0.1, -0.05) is 17.8 Å². The molecule has 1 heterocycles. The minimum Gasteiger partial charge on any atom is -0.286 e. The zero-order valence-electron chi connectivity index (χ0n) is 6.56. The summed E-state index contributed by atoms with van der Waals surface area (Å²) in [4.78, 5) is 11.7. The van der Waals surface area contributed by atoms with E-state index in [0.717, 1.165) is 22.2 Å². The van der Waals surface area contributed by atoms with Crippen LogP contribution >= 0.6 is 11.8 Å². The highest BCUT2D eigenvalue weighted by Crippen LogP contribution is 2.33. The summed E-state index contributed by atoms with van der Waals surface area (Å²) in [5.74, 6) is -0.226. The first-order valence-electron chi connectivity index (χ1n) is 3.66. The fraction of sp³-hybridized carbons (Fsp3) is 0.222. The van der Waals surface area contributed by atoms with E-state index < -0.39 is 0 Å². The van der Waals surface area contributed by atoms with E-state index >= 15 is 0 Å². The van der Waals surface area contributed by atoms with Crippen LogP contribution in [0.1, 0.15) is 11.1 Å². The Hall–Kier alpha value is -0.830. The Morgan fingerprint density at radius 3 is 3.00 bits per heavy atom. The Kier molecular flexibility index (Phi) is 1.68. The lowest BCUT2D eigenvalue weighted by Crippen LogP contribution is -1.88. The van der Waals surface area contributed by atoms with Crippen molar-refractivity contribution in [2.75, 3.05) is 0 Å². The standard InChI is InChI=1S/C9H7FOS/c1-5-2-6-3-9(11)12-8(6)4-7(5)10/h2,4H,3H2,1H3. The van der Waals surface area contributed by atoms with Crippen molar-refractivity contribution in [2.45, 2.75) is 18.2 Å². The van der Waals surface area contributed by atoms with Crippen LogP contribution in [0.15, 0.2) is 17.0 Å². The van der Waals surface area contributed by atoms with Gasteiger partial charge in [-0.05, 0) is 24.1 Å². The van der Waals surface area contributed by atoms with Crippen molar-refractivity contribution < 1.29 is 9.18 Å². The van der Waals surface area contributed by atoms with Crippen LogP contribution in [-0.4, -0.2) is 5.12 Å². The van der Waals surface area contributed by atoms with Gasteiger partial charge in [0.15, 0.2) is 5.12 Å². The molecule has 1 aliphatic heterocycles. The molecule has 0 aliphatic carbocycles. The van der Waals surface area contributed by atoms with Crippen molar-refractivity contribution in [1.82, 2.24) is 0 Å². The molecule has 0 saturated heterocycles. The fourth-order valence-corrected chi connectivity index (χ4v) is 2.17. The summed E-state index contributed by atoms with van der Waals surface area (Å²) in [6.07, 6.45) is 0.446. The van der Waals surface area contributed by atoms with E-state index in [1.54, 1.807) is 13.0 Å². The van der Waals surface area contributed by atoms with Crippen LogP contribution < -0.4 is 0 Å². The van der Waals surface area contributed by atoms with Gasteiger partial charge in [-0.3, -0.25) is 4.79 Å². The second-order valence-corrected chi connectivity index (χ2v) is 3.96. The lowest BCUT2D eigenvalue weighted by Gasteiger charge is -1.99. The lowest BCUT2D eigenvalue weighted by molar-refractivity contribution is -0.110. The van der Waals surface area contributed by atoms with Crippen LogP contribution in [0, 0.1) is 12.7 Å². The molecule has 0 bridgehead atoms. The van der Waals surface area contributed by atoms with Gasteiger partial charge >= 0.3 is 0 Å². The van der Waals surface area contributed by atoms with Crippen LogP contribution in [0.25, 0.3) is 0 Å². The zero-order valence-corrected chi connectivity index (χ0v) is 7.37. The highest BCUT2D eigenvalue weighted by atomic mass is 32.2. The number of carbonyl (C=O) groups is 1. The third-order valence-electron chi connectivity index (χ3n) is 1.90. The van der Waals surface area contributed by atoms with E-state index in [-0.39, 0.29) is 10.9 Å². The molecule has 0 spiro atoms. The summed E-state index contributed by atoms with van der Waals surface area (Å²) in [6, 6.07) is 3.20. The monoisotopic (exact) mass is 182 g/mol. The fourth-order valence-electron chi connectivity index (χ4n) is 1.27. The van der Waals surface area contributed by atoms with E-state index in [1.807, 2.05) is 0 Å². The molecule has 0 aromatic heterocycles. The SMILES string of the molecule is Cc1cc2c(cc1F)SC(=O)C2. The molecule has 0 radical (unpaired) electrons. The molecule has 0 unspecified atom stereocenters. The minimum atomic E-state index is -0.226. The molecule has 1 aromatic rings. The molecule has 3 heteroatoms.